The van der Waals surface area contributed by atoms with Gasteiger partial charge in [-0.05, 0) is 25.5 Å². The fourth-order valence-corrected chi connectivity index (χ4v) is 2.88. The lowest BCUT2D eigenvalue weighted by Gasteiger charge is -2.15. The van der Waals surface area contributed by atoms with E-state index < -0.39 is 0 Å². The van der Waals surface area contributed by atoms with E-state index in [1.807, 2.05) is 52.3 Å². The summed E-state index contributed by atoms with van der Waals surface area (Å²) in [5, 5.41) is 10.3. The van der Waals surface area contributed by atoms with Gasteiger partial charge in [0, 0.05) is 48.7 Å². The molecule has 2 heterocycles. The number of rotatable bonds is 6. The Bertz CT molecular complexity index is 932. The van der Waals surface area contributed by atoms with Crippen LogP contribution >= 0.6 is 0 Å². The van der Waals surface area contributed by atoms with Gasteiger partial charge in [0.15, 0.2) is 5.82 Å². The topological polar surface area (TPSA) is 84.7 Å². The summed E-state index contributed by atoms with van der Waals surface area (Å²) in [6.45, 7) is 3.96. The highest BCUT2D eigenvalue weighted by Crippen LogP contribution is 2.20. The molecule has 7 nitrogen and oxygen atoms in total. The standard InChI is InChI=1S/C20H24N6O/c1-5-17(16-11-22-26(4)12-16)24-20(27)15-8-6-14(7-9-15)19-23-13(2)10-18(21-3)25-19/h6-12,17H,5H2,1-4H3,(H,24,27)(H,21,23,25)/t17-/m0/s1. The van der Waals surface area contributed by atoms with Crippen LogP contribution in [0.5, 0.6) is 0 Å². The van der Waals surface area contributed by atoms with Crippen molar-refractivity contribution in [3.63, 3.8) is 0 Å². The SMILES string of the molecule is CC[C@H](NC(=O)c1ccc(-c2nc(C)cc(NC)n2)cc1)c1cnn(C)c1. The minimum absolute atomic E-state index is 0.0656. The number of nitrogens with zero attached hydrogens (tertiary/aromatic N) is 4. The maximum Gasteiger partial charge on any atom is 0.251 e. The molecule has 0 bridgehead atoms. The minimum Gasteiger partial charge on any atom is -0.373 e. The first-order valence-electron chi connectivity index (χ1n) is 8.93. The summed E-state index contributed by atoms with van der Waals surface area (Å²) in [6, 6.07) is 9.15. The molecule has 27 heavy (non-hydrogen) atoms. The van der Waals surface area contributed by atoms with Gasteiger partial charge in [0.1, 0.15) is 5.82 Å². The van der Waals surface area contributed by atoms with Gasteiger partial charge in [0.2, 0.25) is 0 Å². The van der Waals surface area contributed by atoms with Crippen LogP contribution in [0.1, 0.15) is 41.0 Å². The molecule has 0 fully saturated rings. The van der Waals surface area contributed by atoms with Crippen molar-refractivity contribution in [3.05, 3.63) is 59.5 Å². The van der Waals surface area contributed by atoms with Crippen LogP contribution in [0.25, 0.3) is 11.4 Å². The number of amides is 1. The van der Waals surface area contributed by atoms with Gasteiger partial charge in [-0.3, -0.25) is 9.48 Å². The molecule has 0 spiro atoms. The van der Waals surface area contributed by atoms with Gasteiger partial charge < -0.3 is 10.6 Å². The van der Waals surface area contributed by atoms with E-state index in [0.717, 1.165) is 29.1 Å². The lowest BCUT2D eigenvalue weighted by molar-refractivity contribution is 0.0935. The molecular weight excluding hydrogens is 340 g/mol. The fourth-order valence-electron chi connectivity index (χ4n) is 2.88. The Labute approximate surface area is 158 Å². The molecule has 1 aromatic carbocycles. The van der Waals surface area contributed by atoms with E-state index >= 15 is 0 Å². The van der Waals surface area contributed by atoms with Gasteiger partial charge in [0.25, 0.3) is 5.91 Å². The van der Waals surface area contributed by atoms with Gasteiger partial charge >= 0.3 is 0 Å². The first kappa shape index (κ1) is 18.6. The maximum atomic E-state index is 12.6. The molecule has 0 aliphatic rings. The Balaban J connectivity index is 1.76. The third-order valence-electron chi connectivity index (χ3n) is 4.36. The van der Waals surface area contributed by atoms with Crippen molar-refractivity contribution in [2.45, 2.75) is 26.3 Å². The van der Waals surface area contributed by atoms with Gasteiger partial charge in [0.05, 0.1) is 12.2 Å². The summed E-state index contributed by atoms with van der Waals surface area (Å²) in [4.78, 5) is 21.6. The molecule has 0 unspecified atom stereocenters. The average molecular weight is 364 g/mol. The molecule has 140 valence electrons. The second-order valence-electron chi connectivity index (χ2n) is 6.43. The molecule has 7 heteroatoms. The van der Waals surface area contributed by atoms with E-state index in [4.69, 9.17) is 0 Å². The molecule has 1 amide bonds. The summed E-state index contributed by atoms with van der Waals surface area (Å²) >= 11 is 0. The zero-order valence-electron chi connectivity index (χ0n) is 16.0. The predicted octanol–water partition coefficient (Wildman–Crippen LogP) is 3.11. The molecule has 0 saturated heterocycles. The van der Waals surface area contributed by atoms with Crippen LogP contribution in [-0.4, -0.2) is 32.7 Å². The highest BCUT2D eigenvalue weighted by atomic mass is 16.1. The summed E-state index contributed by atoms with van der Waals surface area (Å²) in [6.07, 6.45) is 4.50. The van der Waals surface area contributed by atoms with Gasteiger partial charge in [-0.15, -0.1) is 0 Å². The van der Waals surface area contributed by atoms with Crippen molar-refractivity contribution in [2.75, 3.05) is 12.4 Å². The largest absolute Gasteiger partial charge is 0.373 e. The lowest BCUT2D eigenvalue weighted by atomic mass is 10.1. The van der Waals surface area contributed by atoms with Crippen LogP contribution in [0.3, 0.4) is 0 Å². The third kappa shape index (κ3) is 4.31. The number of carbonyl (C=O) groups is 1. The highest BCUT2D eigenvalue weighted by Gasteiger charge is 2.16. The molecule has 3 aromatic rings. The quantitative estimate of drug-likeness (QED) is 0.702. The molecular formula is C20H24N6O. The number of hydrogen-bond acceptors (Lipinski definition) is 5. The number of hydrogen-bond donors (Lipinski definition) is 2. The molecule has 2 N–H and O–H groups in total. The summed E-state index contributed by atoms with van der Waals surface area (Å²) in [5.74, 6) is 1.29. The molecule has 3 rings (SSSR count). The zero-order chi connectivity index (χ0) is 19.4. The van der Waals surface area contributed by atoms with Crippen molar-refractivity contribution < 1.29 is 4.79 Å². The first-order chi connectivity index (χ1) is 13.0. The Kier molecular flexibility index (Phi) is 5.49. The normalized spacial score (nSPS) is 11.9. The zero-order valence-corrected chi connectivity index (χ0v) is 16.0. The Morgan fingerprint density at radius 2 is 1.96 bits per heavy atom. The Morgan fingerprint density at radius 3 is 2.56 bits per heavy atom. The van der Waals surface area contributed by atoms with E-state index in [9.17, 15) is 4.79 Å². The summed E-state index contributed by atoms with van der Waals surface area (Å²) in [5.41, 5.74) is 3.35. The number of nitrogens with one attached hydrogen (secondary N) is 2. The summed E-state index contributed by atoms with van der Waals surface area (Å²) in [7, 11) is 3.69. The molecule has 0 aliphatic carbocycles. The number of aryl methyl sites for hydroxylation is 2. The molecule has 1 atom stereocenters. The van der Waals surface area contributed by atoms with Crippen LogP contribution in [0.4, 0.5) is 5.82 Å². The minimum atomic E-state index is -0.113. The molecule has 0 radical (unpaired) electrons. The number of aromatic nitrogens is 4. The predicted molar refractivity (Wildman–Crippen MR) is 105 cm³/mol. The average Bonchev–Trinajstić information content (AvgIpc) is 3.11. The van der Waals surface area contributed by atoms with E-state index in [1.165, 1.54) is 0 Å². The van der Waals surface area contributed by atoms with Crippen LogP contribution in [0.15, 0.2) is 42.7 Å². The van der Waals surface area contributed by atoms with Gasteiger partial charge in [-0.1, -0.05) is 19.1 Å². The van der Waals surface area contributed by atoms with E-state index in [1.54, 1.807) is 23.0 Å². The van der Waals surface area contributed by atoms with Crippen molar-refractivity contribution >= 4 is 11.7 Å². The first-order valence-corrected chi connectivity index (χ1v) is 8.93. The Hall–Kier alpha value is -3.22. The maximum absolute atomic E-state index is 12.6. The van der Waals surface area contributed by atoms with Crippen molar-refractivity contribution in [1.29, 1.82) is 0 Å². The van der Waals surface area contributed by atoms with Crippen LogP contribution in [-0.2, 0) is 7.05 Å². The monoisotopic (exact) mass is 364 g/mol. The number of carbonyl (C=O) groups excluding carboxylic acids is 1. The van der Waals surface area contributed by atoms with Crippen molar-refractivity contribution in [3.8, 4) is 11.4 Å². The second kappa shape index (κ2) is 7.99. The smallest absolute Gasteiger partial charge is 0.251 e. The molecule has 2 aromatic heterocycles. The van der Waals surface area contributed by atoms with Crippen molar-refractivity contribution in [2.24, 2.45) is 7.05 Å². The van der Waals surface area contributed by atoms with Gasteiger partial charge in [-0.2, -0.15) is 5.10 Å². The second-order valence-corrected chi connectivity index (χ2v) is 6.43. The van der Waals surface area contributed by atoms with E-state index in [-0.39, 0.29) is 11.9 Å². The van der Waals surface area contributed by atoms with Crippen LogP contribution < -0.4 is 10.6 Å². The van der Waals surface area contributed by atoms with Gasteiger partial charge in [-0.25, -0.2) is 9.97 Å². The molecule has 0 saturated carbocycles. The van der Waals surface area contributed by atoms with Crippen molar-refractivity contribution in [1.82, 2.24) is 25.1 Å². The molecule has 0 aliphatic heterocycles. The number of anilines is 1. The van der Waals surface area contributed by atoms with E-state index in [0.29, 0.717) is 11.4 Å². The fraction of sp³-hybridized carbons (Fsp3) is 0.300. The Morgan fingerprint density at radius 1 is 1.22 bits per heavy atom. The lowest BCUT2D eigenvalue weighted by Crippen LogP contribution is -2.27. The number of benzene rings is 1. The summed E-state index contributed by atoms with van der Waals surface area (Å²) < 4.78 is 1.74. The van der Waals surface area contributed by atoms with Crippen LogP contribution in [0, 0.1) is 6.92 Å². The van der Waals surface area contributed by atoms with E-state index in [2.05, 4.69) is 25.7 Å². The van der Waals surface area contributed by atoms with Crippen LogP contribution in [0.2, 0.25) is 0 Å². The third-order valence-corrected chi connectivity index (χ3v) is 4.36. The highest BCUT2D eigenvalue weighted by molar-refractivity contribution is 5.94.